The standard InChI is InChI=1S/C4H9N3O2/c1-3(8)2-9-7-4(5)6/h2H2,1H3,(H4,5,6,7). The maximum atomic E-state index is 10.1. The summed E-state index contributed by atoms with van der Waals surface area (Å²) in [4.78, 5) is 14.6. The van der Waals surface area contributed by atoms with Crippen LogP contribution in [0.1, 0.15) is 6.92 Å². The van der Waals surface area contributed by atoms with E-state index in [1.165, 1.54) is 6.92 Å². The van der Waals surface area contributed by atoms with Crippen molar-refractivity contribution >= 4 is 11.7 Å². The van der Waals surface area contributed by atoms with Gasteiger partial charge in [0.25, 0.3) is 0 Å². The molecule has 0 aliphatic carbocycles. The number of hydrogen-bond donors (Lipinski definition) is 3. The molecule has 0 aromatic heterocycles. The molecule has 0 bridgehead atoms. The van der Waals surface area contributed by atoms with E-state index >= 15 is 0 Å². The highest BCUT2D eigenvalue weighted by Crippen LogP contribution is 1.68. The van der Waals surface area contributed by atoms with Crippen molar-refractivity contribution in [2.45, 2.75) is 6.92 Å². The molecule has 0 aliphatic heterocycles. The molecule has 0 aromatic rings. The molecule has 0 unspecified atom stereocenters. The van der Waals surface area contributed by atoms with Crippen LogP contribution in [0.4, 0.5) is 0 Å². The Kier molecular flexibility index (Phi) is 3.38. The van der Waals surface area contributed by atoms with Crippen molar-refractivity contribution in [2.75, 3.05) is 6.61 Å². The van der Waals surface area contributed by atoms with E-state index in [4.69, 9.17) is 11.1 Å². The first kappa shape index (κ1) is 7.90. The van der Waals surface area contributed by atoms with E-state index in [1.807, 2.05) is 5.48 Å². The van der Waals surface area contributed by atoms with Crippen molar-refractivity contribution in [2.24, 2.45) is 5.73 Å². The summed E-state index contributed by atoms with van der Waals surface area (Å²) in [5.74, 6) is -0.431. The van der Waals surface area contributed by atoms with Gasteiger partial charge in [-0.1, -0.05) is 0 Å². The van der Waals surface area contributed by atoms with Gasteiger partial charge in [-0.25, -0.2) is 5.48 Å². The lowest BCUT2D eigenvalue weighted by atomic mass is 10.5. The van der Waals surface area contributed by atoms with Crippen LogP contribution < -0.4 is 11.2 Å². The highest BCUT2D eigenvalue weighted by atomic mass is 16.6. The van der Waals surface area contributed by atoms with E-state index in [2.05, 4.69) is 4.84 Å². The Labute approximate surface area is 52.6 Å². The molecule has 0 rings (SSSR count). The molecule has 0 aromatic carbocycles. The van der Waals surface area contributed by atoms with E-state index in [-0.39, 0.29) is 18.3 Å². The largest absolute Gasteiger partial charge is 0.368 e. The lowest BCUT2D eigenvalue weighted by Crippen LogP contribution is -2.31. The number of hydroxylamine groups is 1. The molecule has 9 heavy (non-hydrogen) atoms. The molecule has 0 heterocycles. The zero-order valence-electron chi connectivity index (χ0n) is 5.10. The summed E-state index contributed by atoms with van der Waals surface area (Å²) in [5.41, 5.74) is 6.83. The molecular formula is C4H9N3O2. The Balaban J connectivity index is 3.10. The highest BCUT2D eigenvalue weighted by molar-refractivity contribution is 5.77. The van der Waals surface area contributed by atoms with Gasteiger partial charge in [-0.3, -0.25) is 15.0 Å². The topological polar surface area (TPSA) is 88.2 Å². The van der Waals surface area contributed by atoms with Crippen molar-refractivity contribution in [3.8, 4) is 0 Å². The Morgan fingerprint density at radius 2 is 2.44 bits per heavy atom. The van der Waals surface area contributed by atoms with Crippen LogP contribution in [0.5, 0.6) is 0 Å². The number of nitrogens with one attached hydrogen (secondary N) is 2. The number of Topliss-reactive ketones (excluding diaryl/α,β-unsaturated/α-hetero) is 1. The Bertz CT molecular complexity index is 109. The Morgan fingerprint density at radius 1 is 1.89 bits per heavy atom. The number of guanidine groups is 1. The average molecular weight is 131 g/mol. The lowest BCUT2D eigenvalue weighted by Gasteiger charge is -1.99. The van der Waals surface area contributed by atoms with Gasteiger partial charge in [0.1, 0.15) is 6.61 Å². The molecule has 5 heteroatoms. The smallest absolute Gasteiger partial charge is 0.210 e. The van der Waals surface area contributed by atoms with Crippen molar-refractivity contribution in [1.82, 2.24) is 5.48 Å². The maximum Gasteiger partial charge on any atom is 0.210 e. The third-order valence-electron chi connectivity index (χ3n) is 0.458. The zero-order chi connectivity index (χ0) is 7.28. The van der Waals surface area contributed by atoms with Gasteiger partial charge in [0.15, 0.2) is 5.78 Å². The molecular weight excluding hydrogens is 122 g/mol. The lowest BCUT2D eigenvalue weighted by molar-refractivity contribution is -0.122. The fourth-order valence-corrected chi connectivity index (χ4v) is 0.215. The molecule has 0 fully saturated rings. The van der Waals surface area contributed by atoms with E-state index in [0.29, 0.717) is 0 Å². The molecule has 0 atom stereocenters. The first-order valence-corrected chi connectivity index (χ1v) is 2.34. The van der Waals surface area contributed by atoms with Crippen LogP contribution in [0.15, 0.2) is 0 Å². The van der Waals surface area contributed by atoms with Gasteiger partial charge in [0, 0.05) is 0 Å². The quantitative estimate of drug-likeness (QED) is 0.260. The van der Waals surface area contributed by atoms with Crippen LogP contribution in [0.2, 0.25) is 0 Å². The minimum absolute atomic E-state index is 0.0699. The van der Waals surface area contributed by atoms with Gasteiger partial charge in [-0.2, -0.15) is 0 Å². The van der Waals surface area contributed by atoms with Crippen LogP contribution in [0, 0.1) is 5.41 Å². The summed E-state index contributed by atoms with van der Waals surface area (Å²) in [7, 11) is 0. The van der Waals surface area contributed by atoms with Crippen LogP contribution in [0.25, 0.3) is 0 Å². The van der Waals surface area contributed by atoms with E-state index < -0.39 is 0 Å². The number of carbonyl (C=O) groups excluding carboxylic acids is 1. The minimum atomic E-state index is -0.309. The Hall–Kier alpha value is -1.10. The third-order valence-corrected chi connectivity index (χ3v) is 0.458. The summed E-state index contributed by atoms with van der Waals surface area (Å²) in [5, 5.41) is 6.57. The first-order chi connectivity index (χ1) is 4.13. The van der Waals surface area contributed by atoms with Crippen molar-refractivity contribution in [3.05, 3.63) is 0 Å². The molecule has 0 saturated carbocycles. The summed E-state index contributed by atoms with van der Waals surface area (Å²) in [6, 6.07) is 0. The number of rotatable bonds is 3. The molecule has 4 N–H and O–H groups in total. The van der Waals surface area contributed by atoms with Gasteiger partial charge in [-0.15, -0.1) is 0 Å². The second-order valence-electron chi connectivity index (χ2n) is 1.51. The molecule has 0 spiro atoms. The second-order valence-corrected chi connectivity index (χ2v) is 1.51. The highest BCUT2D eigenvalue weighted by Gasteiger charge is 1.91. The van der Waals surface area contributed by atoms with Gasteiger partial charge in [0.05, 0.1) is 0 Å². The van der Waals surface area contributed by atoms with Gasteiger partial charge in [-0.05, 0) is 6.92 Å². The van der Waals surface area contributed by atoms with Gasteiger partial charge < -0.3 is 5.73 Å². The van der Waals surface area contributed by atoms with E-state index in [0.717, 1.165) is 0 Å². The van der Waals surface area contributed by atoms with E-state index in [1.54, 1.807) is 0 Å². The van der Waals surface area contributed by atoms with Crippen LogP contribution in [-0.2, 0) is 9.63 Å². The predicted octanol–water partition coefficient (Wildman–Crippen LogP) is -1.01. The van der Waals surface area contributed by atoms with Crippen LogP contribution in [0.3, 0.4) is 0 Å². The monoisotopic (exact) mass is 131 g/mol. The van der Waals surface area contributed by atoms with Crippen molar-refractivity contribution in [1.29, 1.82) is 5.41 Å². The van der Waals surface area contributed by atoms with Crippen LogP contribution >= 0.6 is 0 Å². The SMILES string of the molecule is CC(=O)CONC(=N)N. The second kappa shape index (κ2) is 3.85. The van der Waals surface area contributed by atoms with Crippen LogP contribution in [-0.4, -0.2) is 18.3 Å². The fraction of sp³-hybridized carbons (Fsp3) is 0.500. The van der Waals surface area contributed by atoms with Crippen molar-refractivity contribution < 1.29 is 9.63 Å². The van der Waals surface area contributed by atoms with Gasteiger partial charge in [0.2, 0.25) is 5.96 Å². The van der Waals surface area contributed by atoms with Crippen molar-refractivity contribution in [3.63, 3.8) is 0 Å². The summed E-state index contributed by atoms with van der Waals surface area (Å²) in [6.45, 7) is 1.31. The molecule has 0 amide bonds. The first-order valence-electron chi connectivity index (χ1n) is 2.34. The molecule has 0 aliphatic rings. The molecule has 0 radical (unpaired) electrons. The number of carbonyl (C=O) groups is 1. The summed E-state index contributed by atoms with van der Waals surface area (Å²) in [6.07, 6.45) is 0. The third kappa shape index (κ3) is 6.90. The number of hydrogen-bond acceptors (Lipinski definition) is 3. The maximum absolute atomic E-state index is 10.1. The molecule has 0 saturated heterocycles. The normalized spacial score (nSPS) is 8.56. The Morgan fingerprint density at radius 3 is 2.78 bits per heavy atom. The predicted molar refractivity (Wildman–Crippen MR) is 31.7 cm³/mol. The van der Waals surface area contributed by atoms with E-state index in [9.17, 15) is 4.79 Å². The number of nitrogens with two attached hydrogens (primary N) is 1. The average Bonchev–Trinajstić information content (AvgIpc) is 1.63. The fourth-order valence-electron chi connectivity index (χ4n) is 0.215. The molecule has 5 nitrogen and oxygen atoms in total. The summed E-state index contributed by atoms with van der Waals surface area (Å²) >= 11 is 0. The summed E-state index contributed by atoms with van der Waals surface area (Å²) < 4.78 is 0. The van der Waals surface area contributed by atoms with Gasteiger partial charge >= 0.3 is 0 Å². The molecule has 52 valence electrons. The minimum Gasteiger partial charge on any atom is -0.368 e. The number of ketones is 1. The zero-order valence-corrected chi connectivity index (χ0v) is 5.10.